The highest BCUT2D eigenvalue weighted by molar-refractivity contribution is 7.90. The maximum atomic E-state index is 13.0. The lowest BCUT2D eigenvalue weighted by Gasteiger charge is -2.09. The maximum Gasteiger partial charge on any atom is 0.333 e. The number of nitrogens with zero attached hydrogens (tertiary/aromatic N) is 1. The minimum Gasteiger partial charge on any atom is -0.307 e. The number of carbonyl (C=O) groups excluding carboxylic acids is 1. The van der Waals surface area contributed by atoms with Gasteiger partial charge in [0.15, 0.2) is 11.6 Å². The minimum atomic E-state index is -4.39. The Kier molecular flexibility index (Phi) is 4.74. The summed E-state index contributed by atoms with van der Waals surface area (Å²) in [5, 5.41) is 12.7. The molecular weight excluding hydrogens is 348 g/mol. The van der Waals surface area contributed by atoms with Crippen molar-refractivity contribution < 1.29 is 26.9 Å². The zero-order chi connectivity index (χ0) is 17.9. The number of nitrogens with one attached hydrogen (secondary N) is 2. The van der Waals surface area contributed by atoms with Gasteiger partial charge in [0.25, 0.3) is 15.7 Å². The summed E-state index contributed by atoms with van der Waals surface area (Å²) in [6.07, 6.45) is 0. The van der Waals surface area contributed by atoms with Crippen LogP contribution >= 0.6 is 0 Å². The van der Waals surface area contributed by atoms with Crippen LogP contribution in [0.3, 0.4) is 0 Å². The molecule has 24 heavy (non-hydrogen) atoms. The van der Waals surface area contributed by atoms with Gasteiger partial charge in [-0.1, -0.05) is 6.07 Å². The Balaban J connectivity index is 2.16. The number of rotatable bonds is 4. The monoisotopic (exact) mass is 357 g/mol. The van der Waals surface area contributed by atoms with Crippen LogP contribution in [0.5, 0.6) is 0 Å². The summed E-state index contributed by atoms with van der Waals surface area (Å²) in [7, 11) is -4.39. The van der Waals surface area contributed by atoms with E-state index < -0.39 is 43.2 Å². The predicted molar refractivity (Wildman–Crippen MR) is 78.8 cm³/mol. The van der Waals surface area contributed by atoms with Crippen molar-refractivity contribution in [2.75, 3.05) is 5.32 Å². The van der Waals surface area contributed by atoms with E-state index >= 15 is 0 Å². The fourth-order valence-corrected chi connectivity index (χ4v) is 2.62. The smallest absolute Gasteiger partial charge is 0.307 e. The van der Waals surface area contributed by atoms with E-state index in [1.165, 1.54) is 0 Å². The first-order valence-electron chi connectivity index (χ1n) is 6.22. The number of urea groups is 1. The number of non-ortho nitro benzene ring substituents is 1. The summed E-state index contributed by atoms with van der Waals surface area (Å²) in [6, 6.07) is 5.24. The average molecular weight is 357 g/mol. The molecule has 0 saturated carbocycles. The summed E-state index contributed by atoms with van der Waals surface area (Å²) in [5.41, 5.74) is -0.653. The van der Waals surface area contributed by atoms with Crippen molar-refractivity contribution >= 4 is 27.4 Å². The van der Waals surface area contributed by atoms with Crippen molar-refractivity contribution in [1.29, 1.82) is 0 Å². The van der Waals surface area contributed by atoms with Gasteiger partial charge in [0.1, 0.15) is 0 Å². The summed E-state index contributed by atoms with van der Waals surface area (Å²) >= 11 is 0. The van der Waals surface area contributed by atoms with Gasteiger partial charge in [0.2, 0.25) is 0 Å². The predicted octanol–water partition coefficient (Wildman–Crippen LogP) is 2.38. The van der Waals surface area contributed by atoms with Gasteiger partial charge < -0.3 is 5.32 Å². The van der Waals surface area contributed by atoms with Gasteiger partial charge in [0, 0.05) is 23.9 Å². The Morgan fingerprint density at radius 2 is 1.79 bits per heavy atom. The Bertz CT molecular complexity index is 918. The second-order valence-electron chi connectivity index (χ2n) is 4.44. The lowest BCUT2D eigenvalue weighted by atomic mass is 10.3. The normalized spacial score (nSPS) is 10.9. The number of benzene rings is 2. The second-order valence-corrected chi connectivity index (χ2v) is 6.13. The van der Waals surface area contributed by atoms with E-state index in [4.69, 9.17) is 0 Å². The summed E-state index contributed by atoms with van der Waals surface area (Å²) in [6.45, 7) is 0. The van der Waals surface area contributed by atoms with E-state index in [1.807, 2.05) is 5.32 Å². The minimum absolute atomic E-state index is 0.180. The Morgan fingerprint density at radius 3 is 2.42 bits per heavy atom. The quantitative estimate of drug-likeness (QED) is 0.643. The molecule has 0 bridgehead atoms. The van der Waals surface area contributed by atoms with Gasteiger partial charge in [-0.25, -0.2) is 26.7 Å². The van der Waals surface area contributed by atoms with Crippen LogP contribution in [0, 0.1) is 21.7 Å². The van der Waals surface area contributed by atoms with Crippen molar-refractivity contribution in [3.05, 3.63) is 64.2 Å². The Labute approximate surface area is 134 Å². The topological polar surface area (TPSA) is 118 Å². The van der Waals surface area contributed by atoms with E-state index in [0.717, 1.165) is 36.4 Å². The van der Waals surface area contributed by atoms with Gasteiger partial charge in [-0.15, -0.1) is 0 Å². The fourth-order valence-electron chi connectivity index (χ4n) is 1.68. The number of anilines is 1. The van der Waals surface area contributed by atoms with Crippen molar-refractivity contribution in [1.82, 2.24) is 4.72 Å². The number of carbonyl (C=O) groups is 1. The first-order valence-corrected chi connectivity index (χ1v) is 7.70. The van der Waals surface area contributed by atoms with Gasteiger partial charge >= 0.3 is 6.03 Å². The molecule has 0 aliphatic carbocycles. The molecular formula is C13H9F2N3O5S. The summed E-state index contributed by atoms with van der Waals surface area (Å²) in [5.74, 6) is -2.36. The number of nitro groups is 1. The number of nitro benzene ring substituents is 1. The molecule has 0 saturated heterocycles. The third kappa shape index (κ3) is 4.01. The average Bonchev–Trinajstić information content (AvgIpc) is 2.50. The molecule has 2 rings (SSSR count). The van der Waals surface area contributed by atoms with E-state index in [9.17, 15) is 32.1 Å². The molecule has 0 fully saturated rings. The Hall–Kier alpha value is -3.08. The molecule has 8 nitrogen and oxygen atoms in total. The van der Waals surface area contributed by atoms with E-state index in [1.54, 1.807) is 4.72 Å². The lowest BCUT2D eigenvalue weighted by molar-refractivity contribution is -0.385. The van der Waals surface area contributed by atoms with Crippen LogP contribution in [-0.4, -0.2) is 19.4 Å². The summed E-state index contributed by atoms with van der Waals surface area (Å²) < 4.78 is 51.4. The van der Waals surface area contributed by atoms with Crippen molar-refractivity contribution in [3.63, 3.8) is 0 Å². The number of sulfonamides is 1. The zero-order valence-electron chi connectivity index (χ0n) is 11.7. The third-order valence-electron chi connectivity index (χ3n) is 2.74. The molecule has 126 valence electrons. The van der Waals surface area contributed by atoms with Crippen LogP contribution in [0.4, 0.5) is 25.0 Å². The Morgan fingerprint density at radius 1 is 1.08 bits per heavy atom. The maximum absolute atomic E-state index is 13.0. The molecule has 11 heteroatoms. The SMILES string of the molecule is O=C(Nc1ccc(F)c(F)c1)NS(=O)(=O)c1cccc([N+](=O)[O-])c1. The van der Waals surface area contributed by atoms with E-state index in [0.29, 0.717) is 6.07 Å². The molecule has 0 aliphatic rings. The zero-order valence-corrected chi connectivity index (χ0v) is 12.5. The highest BCUT2D eigenvalue weighted by atomic mass is 32.2. The van der Waals surface area contributed by atoms with Gasteiger partial charge in [-0.3, -0.25) is 10.1 Å². The standard InChI is InChI=1S/C13H9F2N3O5S/c14-11-5-4-8(6-12(11)15)16-13(19)17-24(22,23)10-3-1-2-9(7-10)18(20)21/h1-7H,(H2,16,17,19). The fraction of sp³-hybridized carbons (Fsp3) is 0. The molecule has 2 amide bonds. The van der Waals surface area contributed by atoms with Crippen LogP contribution in [0.2, 0.25) is 0 Å². The van der Waals surface area contributed by atoms with Crippen LogP contribution < -0.4 is 10.0 Å². The molecule has 2 aromatic carbocycles. The highest BCUT2D eigenvalue weighted by Crippen LogP contribution is 2.17. The second kappa shape index (κ2) is 6.58. The molecule has 0 heterocycles. The van der Waals surface area contributed by atoms with Gasteiger partial charge in [-0.05, 0) is 18.2 Å². The summed E-state index contributed by atoms with van der Waals surface area (Å²) in [4.78, 5) is 21.0. The number of amides is 2. The van der Waals surface area contributed by atoms with E-state index in [-0.39, 0.29) is 5.69 Å². The molecule has 0 aliphatic heterocycles. The van der Waals surface area contributed by atoms with E-state index in [2.05, 4.69) is 0 Å². The lowest BCUT2D eigenvalue weighted by Crippen LogP contribution is -2.34. The van der Waals surface area contributed by atoms with Crippen LogP contribution in [0.15, 0.2) is 47.4 Å². The van der Waals surface area contributed by atoms with Crippen molar-refractivity contribution in [2.24, 2.45) is 0 Å². The third-order valence-corrected chi connectivity index (χ3v) is 4.07. The number of halogens is 2. The van der Waals surface area contributed by atoms with Crippen molar-refractivity contribution in [3.8, 4) is 0 Å². The molecule has 0 spiro atoms. The van der Waals surface area contributed by atoms with Gasteiger partial charge in [0.05, 0.1) is 9.82 Å². The first kappa shape index (κ1) is 17.3. The highest BCUT2D eigenvalue weighted by Gasteiger charge is 2.20. The largest absolute Gasteiger partial charge is 0.333 e. The molecule has 0 unspecified atom stereocenters. The molecule has 0 atom stereocenters. The molecule has 0 aromatic heterocycles. The molecule has 2 aromatic rings. The van der Waals surface area contributed by atoms with Crippen LogP contribution in [0.1, 0.15) is 0 Å². The van der Waals surface area contributed by atoms with Crippen LogP contribution in [-0.2, 0) is 10.0 Å². The molecule has 2 N–H and O–H groups in total. The van der Waals surface area contributed by atoms with Crippen LogP contribution in [0.25, 0.3) is 0 Å². The first-order chi connectivity index (χ1) is 11.2. The number of hydrogen-bond donors (Lipinski definition) is 2. The van der Waals surface area contributed by atoms with Gasteiger partial charge in [-0.2, -0.15) is 0 Å². The molecule has 0 radical (unpaired) electrons. The van der Waals surface area contributed by atoms with Crippen molar-refractivity contribution in [2.45, 2.75) is 4.90 Å². The number of hydrogen-bond acceptors (Lipinski definition) is 5.